The van der Waals surface area contributed by atoms with Gasteiger partial charge in [-0.15, -0.1) is 0 Å². The van der Waals surface area contributed by atoms with Crippen molar-refractivity contribution in [2.24, 2.45) is 7.05 Å². The van der Waals surface area contributed by atoms with Crippen molar-refractivity contribution in [3.8, 4) is 6.07 Å². The first-order valence-electron chi connectivity index (χ1n) is 6.28. The molecule has 0 unspecified atom stereocenters. The van der Waals surface area contributed by atoms with E-state index in [1.165, 1.54) is 11.8 Å². The fraction of sp³-hybridized carbons (Fsp3) is 0.357. The second kappa shape index (κ2) is 6.44. The molecule has 6 heteroatoms. The van der Waals surface area contributed by atoms with Gasteiger partial charge < -0.3 is 9.47 Å². The largest absolute Gasteiger partial charge is 0.344 e. The number of carbonyl (C=O) groups excluding carboxylic acids is 1. The van der Waals surface area contributed by atoms with E-state index >= 15 is 0 Å². The molecule has 20 heavy (non-hydrogen) atoms. The number of amides is 1. The summed E-state index contributed by atoms with van der Waals surface area (Å²) in [5.41, 5.74) is 1.99. The number of aromatic nitrogens is 2. The highest BCUT2D eigenvalue weighted by atomic mass is 32.2. The molecule has 104 valence electrons. The number of carbonyl (C=O) groups is 1. The van der Waals surface area contributed by atoms with Crippen molar-refractivity contribution in [2.75, 3.05) is 19.3 Å². The highest BCUT2D eigenvalue weighted by Crippen LogP contribution is 2.22. The first-order chi connectivity index (χ1) is 9.63. The number of imidazole rings is 1. The summed E-state index contributed by atoms with van der Waals surface area (Å²) in [6.07, 6.45) is 0.360. The van der Waals surface area contributed by atoms with Crippen molar-refractivity contribution >= 4 is 28.7 Å². The van der Waals surface area contributed by atoms with Crippen LogP contribution in [0.3, 0.4) is 0 Å². The summed E-state index contributed by atoms with van der Waals surface area (Å²) in [6.45, 7) is 0.471. The molecule has 0 saturated carbocycles. The highest BCUT2D eigenvalue weighted by molar-refractivity contribution is 7.99. The number of nitriles is 1. The van der Waals surface area contributed by atoms with Crippen molar-refractivity contribution in [1.82, 2.24) is 14.5 Å². The third kappa shape index (κ3) is 3.11. The lowest BCUT2D eigenvalue weighted by Crippen LogP contribution is -2.29. The fourth-order valence-electron chi connectivity index (χ4n) is 1.83. The van der Waals surface area contributed by atoms with Crippen LogP contribution in [0.25, 0.3) is 11.0 Å². The van der Waals surface area contributed by atoms with Gasteiger partial charge in [0.1, 0.15) is 0 Å². The summed E-state index contributed by atoms with van der Waals surface area (Å²) >= 11 is 1.42. The first-order valence-corrected chi connectivity index (χ1v) is 7.27. The Morgan fingerprint density at radius 1 is 1.50 bits per heavy atom. The highest BCUT2D eigenvalue weighted by Gasteiger charge is 2.12. The summed E-state index contributed by atoms with van der Waals surface area (Å²) in [5.74, 6) is 0.344. The van der Waals surface area contributed by atoms with Gasteiger partial charge in [0.15, 0.2) is 5.16 Å². The molecule has 0 aliphatic heterocycles. The minimum atomic E-state index is 0.0114. The van der Waals surface area contributed by atoms with Crippen LogP contribution in [0.2, 0.25) is 0 Å². The van der Waals surface area contributed by atoms with Gasteiger partial charge in [-0.3, -0.25) is 4.79 Å². The Morgan fingerprint density at radius 3 is 2.95 bits per heavy atom. The average molecular weight is 288 g/mol. The van der Waals surface area contributed by atoms with Crippen LogP contribution in [0.1, 0.15) is 6.42 Å². The van der Waals surface area contributed by atoms with E-state index in [1.807, 2.05) is 41.9 Å². The molecule has 0 bridgehead atoms. The minimum absolute atomic E-state index is 0.0114. The Morgan fingerprint density at radius 2 is 2.25 bits per heavy atom. The van der Waals surface area contributed by atoms with Gasteiger partial charge in [0.05, 0.1) is 29.3 Å². The molecule has 0 fully saturated rings. The van der Waals surface area contributed by atoms with E-state index in [0.717, 1.165) is 16.2 Å². The number of hydrogen-bond donors (Lipinski definition) is 0. The third-order valence-electron chi connectivity index (χ3n) is 3.06. The number of aryl methyl sites for hydroxylation is 1. The predicted octanol–water partition coefficient (Wildman–Crippen LogP) is 2.04. The van der Waals surface area contributed by atoms with E-state index < -0.39 is 0 Å². The Labute approximate surface area is 122 Å². The van der Waals surface area contributed by atoms with Crippen LogP contribution in [0.15, 0.2) is 29.4 Å². The van der Waals surface area contributed by atoms with Gasteiger partial charge in [0, 0.05) is 20.6 Å². The van der Waals surface area contributed by atoms with Crippen LogP contribution in [0.4, 0.5) is 0 Å². The molecular weight excluding hydrogens is 272 g/mol. The monoisotopic (exact) mass is 288 g/mol. The number of thioether (sulfide) groups is 1. The van der Waals surface area contributed by atoms with Crippen LogP contribution in [-0.4, -0.2) is 39.7 Å². The molecule has 0 spiro atoms. The zero-order valence-corrected chi connectivity index (χ0v) is 12.4. The Kier molecular flexibility index (Phi) is 4.64. The van der Waals surface area contributed by atoms with E-state index in [4.69, 9.17) is 5.26 Å². The molecule has 0 aliphatic carbocycles. The molecule has 0 radical (unpaired) electrons. The van der Waals surface area contributed by atoms with Crippen molar-refractivity contribution in [2.45, 2.75) is 11.6 Å². The smallest absolute Gasteiger partial charge is 0.232 e. The molecule has 0 saturated heterocycles. The zero-order valence-electron chi connectivity index (χ0n) is 11.5. The molecule has 0 N–H and O–H groups in total. The summed E-state index contributed by atoms with van der Waals surface area (Å²) in [7, 11) is 3.66. The fourth-order valence-corrected chi connectivity index (χ4v) is 2.76. The van der Waals surface area contributed by atoms with E-state index in [-0.39, 0.29) is 5.91 Å². The van der Waals surface area contributed by atoms with Gasteiger partial charge in [-0.1, -0.05) is 23.9 Å². The standard InChI is InChI=1S/C14H16N4OS/c1-17(9-5-8-15)13(19)10-20-14-16-11-6-3-4-7-12(11)18(14)2/h3-4,6-7H,5,9-10H2,1-2H3. The lowest BCUT2D eigenvalue weighted by Gasteiger charge is -2.14. The lowest BCUT2D eigenvalue weighted by atomic mass is 10.3. The molecule has 2 aromatic rings. The van der Waals surface area contributed by atoms with Crippen molar-refractivity contribution in [3.05, 3.63) is 24.3 Å². The second-order valence-corrected chi connectivity index (χ2v) is 5.40. The molecule has 1 aromatic heterocycles. The van der Waals surface area contributed by atoms with E-state index in [0.29, 0.717) is 18.7 Å². The zero-order chi connectivity index (χ0) is 14.5. The van der Waals surface area contributed by atoms with Gasteiger partial charge in [-0.05, 0) is 12.1 Å². The third-order valence-corrected chi connectivity index (χ3v) is 4.07. The van der Waals surface area contributed by atoms with Gasteiger partial charge in [-0.2, -0.15) is 5.26 Å². The normalized spacial score (nSPS) is 10.4. The van der Waals surface area contributed by atoms with Crippen LogP contribution >= 0.6 is 11.8 Å². The number of benzene rings is 1. The minimum Gasteiger partial charge on any atom is -0.344 e. The van der Waals surface area contributed by atoms with E-state index in [2.05, 4.69) is 4.98 Å². The number of fused-ring (bicyclic) bond motifs is 1. The topological polar surface area (TPSA) is 61.9 Å². The molecule has 1 amide bonds. The van der Waals surface area contributed by atoms with Crippen LogP contribution < -0.4 is 0 Å². The van der Waals surface area contributed by atoms with E-state index in [1.54, 1.807) is 11.9 Å². The molecule has 1 aromatic carbocycles. The molecule has 1 heterocycles. The summed E-state index contributed by atoms with van der Waals surface area (Å²) in [6, 6.07) is 9.92. The predicted molar refractivity (Wildman–Crippen MR) is 79.3 cm³/mol. The SMILES string of the molecule is CN(CCC#N)C(=O)CSc1nc2ccccc2n1C. The van der Waals surface area contributed by atoms with Gasteiger partial charge in [0.25, 0.3) is 0 Å². The number of rotatable bonds is 5. The number of nitrogens with zero attached hydrogens (tertiary/aromatic N) is 4. The molecule has 2 rings (SSSR count). The number of para-hydroxylation sites is 2. The second-order valence-electron chi connectivity index (χ2n) is 4.45. The first kappa shape index (κ1) is 14.4. The Hall–Kier alpha value is -2.00. The van der Waals surface area contributed by atoms with Crippen LogP contribution in [0.5, 0.6) is 0 Å². The average Bonchev–Trinajstić information content (AvgIpc) is 2.79. The van der Waals surface area contributed by atoms with E-state index in [9.17, 15) is 4.79 Å². The van der Waals surface area contributed by atoms with Gasteiger partial charge in [-0.25, -0.2) is 4.98 Å². The van der Waals surface area contributed by atoms with Gasteiger partial charge >= 0.3 is 0 Å². The molecule has 5 nitrogen and oxygen atoms in total. The lowest BCUT2D eigenvalue weighted by molar-refractivity contribution is -0.127. The molecular formula is C14H16N4OS. The Balaban J connectivity index is 2.01. The maximum atomic E-state index is 11.9. The van der Waals surface area contributed by atoms with Crippen LogP contribution in [0, 0.1) is 11.3 Å². The van der Waals surface area contributed by atoms with Crippen molar-refractivity contribution < 1.29 is 4.79 Å². The van der Waals surface area contributed by atoms with Gasteiger partial charge in [0.2, 0.25) is 5.91 Å². The molecule has 0 atom stereocenters. The summed E-state index contributed by atoms with van der Waals surface area (Å²) < 4.78 is 1.99. The van der Waals surface area contributed by atoms with Crippen molar-refractivity contribution in [1.29, 1.82) is 5.26 Å². The van der Waals surface area contributed by atoms with Crippen LogP contribution in [-0.2, 0) is 11.8 Å². The quantitative estimate of drug-likeness (QED) is 0.790. The maximum Gasteiger partial charge on any atom is 0.232 e. The number of hydrogen-bond acceptors (Lipinski definition) is 4. The van der Waals surface area contributed by atoms with Crippen molar-refractivity contribution in [3.63, 3.8) is 0 Å². The Bertz CT molecular complexity index is 659. The maximum absolute atomic E-state index is 11.9. The summed E-state index contributed by atoms with van der Waals surface area (Å²) in [4.78, 5) is 18.0. The molecule has 0 aliphatic rings. The summed E-state index contributed by atoms with van der Waals surface area (Å²) in [5, 5.41) is 9.34.